The Morgan fingerprint density at radius 2 is 1.64 bits per heavy atom. The van der Waals surface area contributed by atoms with Crippen molar-refractivity contribution in [3.8, 4) is 0 Å². The van der Waals surface area contributed by atoms with E-state index in [0.29, 0.717) is 5.92 Å². The Balaban J connectivity index is 2.27. The lowest BCUT2D eigenvalue weighted by Crippen LogP contribution is -2.31. The Morgan fingerprint density at radius 3 is 2.36 bits per heavy atom. The van der Waals surface area contributed by atoms with Crippen LogP contribution >= 0.6 is 0 Å². The molecule has 14 heavy (non-hydrogen) atoms. The lowest BCUT2D eigenvalue weighted by Gasteiger charge is -2.38. The van der Waals surface area contributed by atoms with Gasteiger partial charge in [-0.25, -0.2) is 0 Å². The van der Waals surface area contributed by atoms with Gasteiger partial charge in [-0.05, 0) is 29.5 Å². The third kappa shape index (κ3) is 0.822. The first-order valence-electron chi connectivity index (χ1n) is 5.11. The largest absolute Gasteiger partial charge is 0.294 e. The molecule has 0 saturated heterocycles. The van der Waals surface area contributed by atoms with Gasteiger partial charge in [-0.3, -0.25) is 4.79 Å². The number of hydrogen-bond donors (Lipinski definition) is 0. The third-order valence-electron chi connectivity index (χ3n) is 3.54. The highest BCUT2D eigenvalue weighted by Crippen LogP contribution is 2.49. The summed E-state index contributed by atoms with van der Waals surface area (Å²) in [6.07, 6.45) is 2.12. The smallest absolute Gasteiger partial charge is 0.166 e. The number of carbonyl (C=O) groups excluding carboxylic acids is 1. The van der Waals surface area contributed by atoms with Crippen LogP contribution in [0.5, 0.6) is 0 Å². The molecule has 0 N–H and O–H groups in total. The average Bonchev–Trinajstić information content (AvgIpc) is 2.24. The molecule has 3 aliphatic rings. The Labute approximate surface area is 83.4 Å². The number of carbonyl (C=O) groups is 1. The van der Waals surface area contributed by atoms with E-state index in [1.807, 2.05) is 6.07 Å². The summed E-state index contributed by atoms with van der Waals surface area (Å²) in [5, 5.41) is 0. The van der Waals surface area contributed by atoms with Gasteiger partial charge in [0.1, 0.15) is 0 Å². The lowest BCUT2D eigenvalue weighted by molar-refractivity contribution is -0.118. The zero-order valence-electron chi connectivity index (χ0n) is 7.99. The summed E-state index contributed by atoms with van der Waals surface area (Å²) in [6.45, 7) is 3.93. The molecule has 3 aliphatic carbocycles. The first kappa shape index (κ1) is 7.98. The summed E-state index contributed by atoms with van der Waals surface area (Å²) in [5.74, 6) is 0.701. The fourth-order valence-corrected chi connectivity index (χ4v) is 2.82. The van der Waals surface area contributed by atoms with E-state index in [-0.39, 0.29) is 11.7 Å². The second-order valence-corrected chi connectivity index (χ2v) is 4.20. The molecular formula is C13H12O. The molecule has 1 aromatic carbocycles. The van der Waals surface area contributed by atoms with Gasteiger partial charge in [-0.15, -0.1) is 0 Å². The Hall–Kier alpha value is -1.37. The van der Waals surface area contributed by atoms with Crippen LogP contribution in [-0.2, 0) is 4.79 Å². The van der Waals surface area contributed by atoms with Gasteiger partial charge in [0.2, 0.25) is 0 Å². The molecule has 1 heteroatoms. The monoisotopic (exact) mass is 184 g/mol. The van der Waals surface area contributed by atoms with Gasteiger partial charge in [0.05, 0.1) is 0 Å². The van der Waals surface area contributed by atoms with Crippen LogP contribution in [0.2, 0.25) is 0 Å². The summed E-state index contributed by atoms with van der Waals surface area (Å²) < 4.78 is 0. The molecule has 1 fully saturated rings. The normalized spacial score (nSPS) is 29.1. The van der Waals surface area contributed by atoms with E-state index < -0.39 is 0 Å². The molecule has 0 aromatic heterocycles. The van der Waals surface area contributed by atoms with Crippen LogP contribution in [0.4, 0.5) is 0 Å². The van der Waals surface area contributed by atoms with Crippen LogP contribution in [0.3, 0.4) is 0 Å². The van der Waals surface area contributed by atoms with Crippen LogP contribution in [0.1, 0.15) is 35.8 Å². The molecule has 1 nitrogen and oxygen atoms in total. The van der Waals surface area contributed by atoms with Crippen LogP contribution in [0.25, 0.3) is 0 Å². The minimum atomic E-state index is 0.115. The van der Waals surface area contributed by atoms with Gasteiger partial charge >= 0.3 is 0 Å². The number of rotatable bonds is 0. The maximum absolute atomic E-state index is 11.8. The van der Waals surface area contributed by atoms with Crippen molar-refractivity contribution in [2.24, 2.45) is 0 Å². The SMILES string of the molecule is C=C1C(=O)[C@H]2CC[C@@H]1c1ccccc12. The van der Waals surface area contributed by atoms with Crippen molar-refractivity contribution in [2.75, 3.05) is 0 Å². The molecule has 1 aromatic rings. The molecule has 2 bridgehead atoms. The molecule has 1 saturated carbocycles. The molecule has 0 radical (unpaired) electrons. The number of fused-ring (bicyclic) bond motifs is 2. The molecule has 0 spiro atoms. The summed E-state index contributed by atoms with van der Waals surface area (Å²) >= 11 is 0. The summed E-state index contributed by atoms with van der Waals surface area (Å²) in [4.78, 5) is 11.8. The average molecular weight is 184 g/mol. The van der Waals surface area contributed by atoms with Crippen molar-refractivity contribution in [1.82, 2.24) is 0 Å². The summed E-state index contributed by atoms with van der Waals surface area (Å²) in [7, 11) is 0. The standard InChI is InChI=1S/C13H12O/c1-8-9-6-7-12(13(8)14)11-5-3-2-4-10(9)11/h2-5,9,12H,1,6-7H2/t9-,12-/m0/s1. The Bertz CT molecular complexity index is 390. The van der Waals surface area contributed by atoms with E-state index in [2.05, 4.69) is 24.8 Å². The molecule has 0 aliphatic heterocycles. The van der Waals surface area contributed by atoms with Crippen molar-refractivity contribution in [3.05, 3.63) is 47.5 Å². The zero-order chi connectivity index (χ0) is 9.71. The maximum Gasteiger partial charge on any atom is 0.166 e. The lowest BCUT2D eigenvalue weighted by atomic mass is 9.64. The van der Waals surface area contributed by atoms with E-state index in [4.69, 9.17) is 0 Å². The van der Waals surface area contributed by atoms with Gasteiger partial charge in [0.25, 0.3) is 0 Å². The van der Waals surface area contributed by atoms with Crippen molar-refractivity contribution in [2.45, 2.75) is 24.7 Å². The van der Waals surface area contributed by atoms with E-state index >= 15 is 0 Å². The van der Waals surface area contributed by atoms with Gasteiger partial charge < -0.3 is 0 Å². The van der Waals surface area contributed by atoms with Crippen molar-refractivity contribution < 1.29 is 4.79 Å². The minimum Gasteiger partial charge on any atom is -0.294 e. The highest BCUT2D eigenvalue weighted by Gasteiger charge is 2.40. The molecule has 0 amide bonds. The van der Waals surface area contributed by atoms with Crippen LogP contribution in [0.15, 0.2) is 36.4 Å². The maximum atomic E-state index is 11.8. The first-order chi connectivity index (χ1) is 6.79. The minimum absolute atomic E-state index is 0.115. The van der Waals surface area contributed by atoms with Gasteiger partial charge in [0.15, 0.2) is 5.78 Å². The number of allylic oxidation sites excluding steroid dienone is 1. The second-order valence-electron chi connectivity index (χ2n) is 4.20. The van der Waals surface area contributed by atoms with Crippen molar-refractivity contribution in [3.63, 3.8) is 0 Å². The fourth-order valence-electron chi connectivity index (χ4n) is 2.82. The highest BCUT2D eigenvalue weighted by molar-refractivity contribution is 6.04. The third-order valence-corrected chi connectivity index (χ3v) is 3.54. The molecule has 70 valence electrons. The zero-order valence-corrected chi connectivity index (χ0v) is 7.99. The van der Waals surface area contributed by atoms with Gasteiger partial charge in [-0.2, -0.15) is 0 Å². The van der Waals surface area contributed by atoms with Gasteiger partial charge in [-0.1, -0.05) is 30.8 Å². The van der Waals surface area contributed by atoms with E-state index in [0.717, 1.165) is 18.4 Å². The predicted molar refractivity (Wildman–Crippen MR) is 55.3 cm³/mol. The molecule has 2 atom stereocenters. The molecule has 4 rings (SSSR count). The van der Waals surface area contributed by atoms with Crippen LogP contribution < -0.4 is 0 Å². The number of benzene rings is 1. The van der Waals surface area contributed by atoms with Crippen molar-refractivity contribution >= 4 is 5.78 Å². The van der Waals surface area contributed by atoms with E-state index in [1.54, 1.807) is 0 Å². The Kier molecular flexibility index (Phi) is 1.46. The predicted octanol–water partition coefficient (Wildman–Crippen LogP) is 2.79. The second kappa shape index (κ2) is 2.57. The number of Topliss-reactive ketones (excluding diaryl/α,β-unsaturated/α-hetero) is 1. The fraction of sp³-hybridized carbons (Fsp3) is 0.308. The summed E-state index contributed by atoms with van der Waals surface area (Å²) in [6, 6.07) is 8.31. The molecule has 0 heterocycles. The van der Waals surface area contributed by atoms with E-state index in [1.165, 1.54) is 11.1 Å². The van der Waals surface area contributed by atoms with Crippen LogP contribution in [0, 0.1) is 0 Å². The van der Waals surface area contributed by atoms with E-state index in [9.17, 15) is 4.79 Å². The topological polar surface area (TPSA) is 17.1 Å². The number of hydrogen-bond acceptors (Lipinski definition) is 1. The van der Waals surface area contributed by atoms with Crippen molar-refractivity contribution in [1.29, 1.82) is 0 Å². The highest BCUT2D eigenvalue weighted by atomic mass is 16.1. The van der Waals surface area contributed by atoms with Crippen LogP contribution in [-0.4, -0.2) is 5.78 Å². The van der Waals surface area contributed by atoms with Gasteiger partial charge in [0, 0.05) is 11.8 Å². The molecule has 0 unspecified atom stereocenters. The first-order valence-corrected chi connectivity index (χ1v) is 5.11. The number of ketones is 1. The quantitative estimate of drug-likeness (QED) is 0.567. The summed E-state index contributed by atoms with van der Waals surface area (Å²) in [5.41, 5.74) is 3.43. The Morgan fingerprint density at radius 1 is 1.07 bits per heavy atom. The molecular weight excluding hydrogens is 172 g/mol.